The second-order valence-corrected chi connectivity index (χ2v) is 3.68. The maximum atomic E-state index is 4.28. The molecule has 0 bridgehead atoms. The van der Waals surface area contributed by atoms with E-state index in [1.54, 1.807) is 17.1 Å². The van der Waals surface area contributed by atoms with E-state index >= 15 is 0 Å². The minimum Gasteiger partial charge on any atom is -0.261 e. The van der Waals surface area contributed by atoms with Gasteiger partial charge in [-0.15, -0.1) is 0 Å². The van der Waals surface area contributed by atoms with E-state index in [9.17, 15) is 0 Å². The van der Waals surface area contributed by atoms with Crippen molar-refractivity contribution in [2.45, 2.75) is 6.92 Å². The van der Waals surface area contributed by atoms with Crippen molar-refractivity contribution in [2.75, 3.05) is 0 Å². The van der Waals surface area contributed by atoms with Gasteiger partial charge in [-0.05, 0) is 35.0 Å². The first-order valence-corrected chi connectivity index (χ1v) is 4.68. The van der Waals surface area contributed by atoms with Crippen LogP contribution < -0.4 is 0 Å². The largest absolute Gasteiger partial charge is 0.261 e. The SMILES string of the molecule is Cc1ccn(-c2cncc(Br)c2)n1. The molecule has 0 aliphatic carbocycles. The summed E-state index contributed by atoms with van der Waals surface area (Å²) in [7, 11) is 0. The van der Waals surface area contributed by atoms with Gasteiger partial charge < -0.3 is 0 Å². The fourth-order valence-corrected chi connectivity index (χ4v) is 1.44. The Morgan fingerprint density at radius 2 is 2.23 bits per heavy atom. The second-order valence-electron chi connectivity index (χ2n) is 2.76. The Bertz CT molecular complexity index is 422. The summed E-state index contributed by atoms with van der Waals surface area (Å²) in [6.45, 7) is 1.96. The Kier molecular flexibility index (Phi) is 2.14. The molecule has 0 aliphatic rings. The molecule has 0 saturated carbocycles. The van der Waals surface area contributed by atoms with Gasteiger partial charge in [0.25, 0.3) is 0 Å². The number of nitrogens with zero attached hydrogens (tertiary/aromatic N) is 3. The molecule has 0 aromatic carbocycles. The van der Waals surface area contributed by atoms with Crippen LogP contribution in [0, 0.1) is 6.92 Å². The zero-order valence-electron chi connectivity index (χ0n) is 7.11. The number of hydrogen-bond donors (Lipinski definition) is 0. The normalized spacial score (nSPS) is 10.3. The van der Waals surface area contributed by atoms with E-state index in [-0.39, 0.29) is 0 Å². The van der Waals surface area contributed by atoms with Crippen molar-refractivity contribution in [1.82, 2.24) is 14.8 Å². The van der Waals surface area contributed by atoms with Crippen molar-refractivity contribution in [3.05, 3.63) is 40.9 Å². The number of rotatable bonds is 1. The van der Waals surface area contributed by atoms with Gasteiger partial charge in [-0.1, -0.05) is 0 Å². The predicted octanol–water partition coefficient (Wildman–Crippen LogP) is 2.34. The molecule has 2 rings (SSSR count). The molecule has 0 amide bonds. The van der Waals surface area contributed by atoms with Crippen molar-refractivity contribution in [3.63, 3.8) is 0 Å². The van der Waals surface area contributed by atoms with Crippen molar-refractivity contribution in [1.29, 1.82) is 0 Å². The van der Waals surface area contributed by atoms with Crippen LogP contribution in [0.15, 0.2) is 35.2 Å². The third kappa shape index (κ3) is 1.78. The minimum atomic E-state index is 0.957. The molecule has 66 valence electrons. The van der Waals surface area contributed by atoms with Crippen LogP contribution in [-0.2, 0) is 0 Å². The Morgan fingerprint density at radius 3 is 2.85 bits per heavy atom. The van der Waals surface area contributed by atoms with Crippen LogP contribution in [0.3, 0.4) is 0 Å². The predicted molar refractivity (Wildman–Crippen MR) is 53.8 cm³/mol. The molecule has 13 heavy (non-hydrogen) atoms. The third-order valence-electron chi connectivity index (χ3n) is 1.68. The minimum absolute atomic E-state index is 0.957. The fraction of sp³-hybridized carbons (Fsp3) is 0.111. The Labute approximate surface area is 84.5 Å². The summed E-state index contributed by atoms with van der Waals surface area (Å²) in [5.74, 6) is 0. The van der Waals surface area contributed by atoms with E-state index in [2.05, 4.69) is 26.0 Å². The smallest absolute Gasteiger partial charge is 0.0840 e. The lowest BCUT2D eigenvalue weighted by atomic mass is 10.4. The van der Waals surface area contributed by atoms with E-state index in [1.807, 2.05) is 25.3 Å². The van der Waals surface area contributed by atoms with E-state index < -0.39 is 0 Å². The third-order valence-corrected chi connectivity index (χ3v) is 2.11. The zero-order chi connectivity index (χ0) is 9.26. The molecule has 2 aromatic heterocycles. The number of halogens is 1. The quantitative estimate of drug-likeness (QED) is 0.763. The Morgan fingerprint density at radius 1 is 1.38 bits per heavy atom. The number of aryl methyl sites for hydroxylation is 1. The lowest BCUT2D eigenvalue weighted by Gasteiger charge is -1.99. The summed E-state index contributed by atoms with van der Waals surface area (Å²) >= 11 is 3.36. The molecule has 3 nitrogen and oxygen atoms in total. The maximum Gasteiger partial charge on any atom is 0.0840 e. The second kappa shape index (κ2) is 3.30. The molecule has 0 fully saturated rings. The van der Waals surface area contributed by atoms with Gasteiger partial charge in [-0.2, -0.15) is 5.10 Å². The molecular weight excluding hydrogens is 230 g/mol. The van der Waals surface area contributed by atoms with Crippen molar-refractivity contribution < 1.29 is 0 Å². The molecule has 2 aromatic rings. The maximum absolute atomic E-state index is 4.28. The molecule has 0 spiro atoms. The van der Waals surface area contributed by atoms with E-state index in [0.717, 1.165) is 15.9 Å². The van der Waals surface area contributed by atoms with E-state index in [0.29, 0.717) is 0 Å². The summed E-state index contributed by atoms with van der Waals surface area (Å²) in [4.78, 5) is 4.06. The highest BCUT2D eigenvalue weighted by molar-refractivity contribution is 9.10. The molecular formula is C9H8BrN3. The molecule has 0 atom stereocenters. The van der Waals surface area contributed by atoms with Crippen molar-refractivity contribution in [2.24, 2.45) is 0 Å². The number of hydrogen-bond acceptors (Lipinski definition) is 2. The van der Waals surface area contributed by atoms with Gasteiger partial charge in [0.15, 0.2) is 0 Å². The van der Waals surface area contributed by atoms with Crippen molar-refractivity contribution in [3.8, 4) is 5.69 Å². The summed E-state index contributed by atoms with van der Waals surface area (Å²) in [5.41, 5.74) is 1.96. The lowest BCUT2D eigenvalue weighted by Crippen LogP contribution is -1.95. The van der Waals surface area contributed by atoms with E-state index in [1.165, 1.54) is 0 Å². The molecule has 2 heterocycles. The van der Waals surface area contributed by atoms with E-state index in [4.69, 9.17) is 0 Å². The van der Waals surface area contributed by atoms with Gasteiger partial charge in [-0.3, -0.25) is 4.98 Å². The number of aromatic nitrogens is 3. The van der Waals surface area contributed by atoms with Gasteiger partial charge >= 0.3 is 0 Å². The monoisotopic (exact) mass is 237 g/mol. The zero-order valence-corrected chi connectivity index (χ0v) is 8.69. The van der Waals surface area contributed by atoms with Crippen LogP contribution >= 0.6 is 15.9 Å². The first kappa shape index (κ1) is 8.44. The summed E-state index contributed by atoms with van der Waals surface area (Å²) < 4.78 is 2.76. The van der Waals surface area contributed by atoms with Gasteiger partial charge in [0, 0.05) is 16.9 Å². The van der Waals surface area contributed by atoms with Gasteiger partial charge in [0.2, 0.25) is 0 Å². The molecule has 0 N–H and O–H groups in total. The standard InChI is InChI=1S/C9H8BrN3/c1-7-2-3-13(12-7)9-4-8(10)5-11-6-9/h2-6H,1H3. The summed E-state index contributed by atoms with van der Waals surface area (Å²) in [6, 6.07) is 3.93. The molecule has 0 saturated heterocycles. The summed E-state index contributed by atoms with van der Waals surface area (Å²) in [5, 5.41) is 4.28. The molecule has 0 aliphatic heterocycles. The first-order valence-electron chi connectivity index (χ1n) is 3.89. The van der Waals surface area contributed by atoms with Crippen LogP contribution in [0.25, 0.3) is 5.69 Å². The van der Waals surface area contributed by atoms with Crippen LogP contribution in [0.2, 0.25) is 0 Å². The van der Waals surface area contributed by atoms with Crippen molar-refractivity contribution >= 4 is 15.9 Å². The number of pyridine rings is 1. The topological polar surface area (TPSA) is 30.7 Å². The average molecular weight is 238 g/mol. The van der Waals surface area contributed by atoms with Crippen LogP contribution in [0.4, 0.5) is 0 Å². The Balaban J connectivity index is 2.46. The van der Waals surface area contributed by atoms with Gasteiger partial charge in [0.1, 0.15) is 0 Å². The lowest BCUT2D eigenvalue weighted by molar-refractivity contribution is 0.856. The van der Waals surface area contributed by atoms with Gasteiger partial charge in [-0.25, -0.2) is 4.68 Å². The van der Waals surface area contributed by atoms with Crippen LogP contribution in [0.5, 0.6) is 0 Å². The first-order chi connectivity index (χ1) is 6.25. The van der Waals surface area contributed by atoms with Gasteiger partial charge in [0.05, 0.1) is 17.6 Å². The highest BCUT2D eigenvalue weighted by Crippen LogP contribution is 2.12. The highest BCUT2D eigenvalue weighted by Gasteiger charge is 1.98. The van der Waals surface area contributed by atoms with Crippen LogP contribution in [0.1, 0.15) is 5.69 Å². The highest BCUT2D eigenvalue weighted by atomic mass is 79.9. The summed E-state index contributed by atoms with van der Waals surface area (Å²) in [6.07, 6.45) is 5.44. The average Bonchev–Trinajstić information content (AvgIpc) is 2.52. The fourth-order valence-electron chi connectivity index (χ4n) is 1.08. The molecule has 0 unspecified atom stereocenters. The molecule has 0 radical (unpaired) electrons. The van der Waals surface area contributed by atoms with Crippen LogP contribution in [-0.4, -0.2) is 14.8 Å². The Hall–Kier alpha value is -1.16. The molecule has 4 heteroatoms.